The van der Waals surface area contributed by atoms with Gasteiger partial charge in [0, 0.05) is 30.3 Å². The van der Waals surface area contributed by atoms with Crippen LogP contribution in [0, 0.1) is 5.41 Å². The minimum absolute atomic E-state index is 0.141. The third-order valence-electron chi connectivity index (χ3n) is 4.60. The molecule has 0 saturated heterocycles. The Labute approximate surface area is 130 Å². The van der Waals surface area contributed by atoms with E-state index in [0.29, 0.717) is 11.5 Å². The Morgan fingerprint density at radius 3 is 2.60 bits per heavy atom. The highest BCUT2D eigenvalue weighted by Gasteiger charge is 2.31. The molecule has 0 bridgehead atoms. The Hall–Kier alpha value is -0.770. The maximum atomic E-state index is 12.7. The number of amides is 1. The SMILES string of the molecule is CCn1cc(Br)cc1C(=O)N(C)C1CCC(C)(C)CC1. The molecule has 0 unspecified atom stereocenters. The van der Waals surface area contributed by atoms with Gasteiger partial charge in [-0.25, -0.2) is 0 Å². The van der Waals surface area contributed by atoms with Crippen molar-refractivity contribution in [2.75, 3.05) is 7.05 Å². The van der Waals surface area contributed by atoms with Crippen LogP contribution in [0.3, 0.4) is 0 Å². The first-order chi connectivity index (χ1) is 9.34. The number of carbonyl (C=O) groups is 1. The molecule has 0 N–H and O–H groups in total. The molecule has 0 atom stereocenters. The molecule has 112 valence electrons. The van der Waals surface area contributed by atoms with Crippen molar-refractivity contribution in [3.63, 3.8) is 0 Å². The summed E-state index contributed by atoms with van der Waals surface area (Å²) in [6, 6.07) is 2.31. The number of carbonyl (C=O) groups excluding carboxylic acids is 1. The van der Waals surface area contributed by atoms with Crippen molar-refractivity contribution in [3.05, 3.63) is 22.4 Å². The van der Waals surface area contributed by atoms with Gasteiger partial charge in [0.15, 0.2) is 0 Å². The Morgan fingerprint density at radius 1 is 1.45 bits per heavy atom. The lowest BCUT2D eigenvalue weighted by atomic mass is 9.75. The molecule has 4 heteroatoms. The van der Waals surface area contributed by atoms with E-state index >= 15 is 0 Å². The second-order valence-corrected chi connectivity index (χ2v) is 7.56. The normalized spacial score (nSPS) is 19.1. The van der Waals surface area contributed by atoms with Crippen LogP contribution in [0.1, 0.15) is 56.9 Å². The molecule has 2 rings (SSSR count). The summed E-state index contributed by atoms with van der Waals surface area (Å²) in [5.74, 6) is 0.141. The van der Waals surface area contributed by atoms with Gasteiger partial charge in [-0.05, 0) is 60.0 Å². The molecule has 1 aliphatic rings. The number of hydrogen-bond donors (Lipinski definition) is 0. The van der Waals surface area contributed by atoms with E-state index in [-0.39, 0.29) is 5.91 Å². The average Bonchev–Trinajstić information content (AvgIpc) is 2.78. The van der Waals surface area contributed by atoms with E-state index in [9.17, 15) is 4.79 Å². The van der Waals surface area contributed by atoms with Gasteiger partial charge < -0.3 is 9.47 Å². The van der Waals surface area contributed by atoms with Gasteiger partial charge in [0.25, 0.3) is 5.91 Å². The van der Waals surface area contributed by atoms with Crippen LogP contribution in [0.2, 0.25) is 0 Å². The highest BCUT2D eigenvalue weighted by molar-refractivity contribution is 9.10. The Morgan fingerprint density at radius 2 is 2.05 bits per heavy atom. The average molecular weight is 341 g/mol. The van der Waals surface area contributed by atoms with Crippen molar-refractivity contribution in [3.8, 4) is 0 Å². The van der Waals surface area contributed by atoms with E-state index in [1.165, 1.54) is 12.8 Å². The second kappa shape index (κ2) is 5.92. The van der Waals surface area contributed by atoms with Crippen LogP contribution < -0.4 is 0 Å². The highest BCUT2D eigenvalue weighted by Crippen LogP contribution is 2.37. The Bertz CT molecular complexity index is 483. The van der Waals surface area contributed by atoms with Gasteiger partial charge in [0.2, 0.25) is 0 Å². The lowest BCUT2D eigenvalue weighted by Gasteiger charge is -2.38. The number of aryl methyl sites for hydroxylation is 1. The maximum absolute atomic E-state index is 12.7. The molecular weight excluding hydrogens is 316 g/mol. The van der Waals surface area contributed by atoms with E-state index < -0.39 is 0 Å². The predicted octanol–water partition coefficient (Wildman–Crippen LogP) is 4.31. The van der Waals surface area contributed by atoms with Crippen LogP contribution in [0.25, 0.3) is 0 Å². The first-order valence-electron chi connectivity index (χ1n) is 7.47. The molecule has 1 aliphatic carbocycles. The molecule has 1 amide bonds. The standard InChI is InChI=1S/C16H25BrN2O/c1-5-19-11-12(17)10-14(19)15(20)18(4)13-6-8-16(2,3)9-7-13/h10-11,13H,5-9H2,1-4H3. The van der Waals surface area contributed by atoms with Gasteiger partial charge in [-0.2, -0.15) is 0 Å². The topological polar surface area (TPSA) is 25.2 Å². The van der Waals surface area contributed by atoms with Crippen LogP contribution >= 0.6 is 15.9 Å². The van der Waals surface area contributed by atoms with Crippen LogP contribution in [0.5, 0.6) is 0 Å². The molecule has 20 heavy (non-hydrogen) atoms. The fraction of sp³-hybridized carbons (Fsp3) is 0.688. The van der Waals surface area contributed by atoms with Gasteiger partial charge in [-0.1, -0.05) is 13.8 Å². The molecule has 1 saturated carbocycles. The van der Waals surface area contributed by atoms with E-state index in [4.69, 9.17) is 0 Å². The largest absolute Gasteiger partial charge is 0.343 e. The van der Waals surface area contributed by atoms with Crippen LogP contribution in [-0.2, 0) is 6.54 Å². The van der Waals surface area contributed by atoms with Gasteiger partial charge in [-0.15, -0.1) is 0 Å². The lowest BCUT2D eigenvalue weighted by molar-refractivity contribution is 0.0625. The smallest absolute Gasteiger partial charge is 0.270 e. The van der Waals surface area contributed by atoms with E-state index in [2.05, 4.69) is 36.7 Å². The minimum Gasteiger partial charge on any atom is -0.343 e. The zero-order chi connectivity index (χ0) is 14.9. The Balaban J connectivity index is 2.09. The van der Waals surface area contributed by atoms with E-state index in [0.717, 1.165) is 29.6 Å². The van der Waals surface area contributed by atoms with Crippen molar-refractivity contribution in [1.82, 2.24) is 9.47 Å². The molecule has 1 aromatic heterocycles. The predicted molar refractivity (Wildman–Crippen MR) is 85.9 cm³/mol. The van der Waals surface area contributed by atoms with Crippen molar-refractivity contribution >= 4 is 21.8 Å². The molecule has 1 aromatic rings. The molecule has 1 fully saturated rings. The van der Waals surface area contributed by atoms with Crippen LogP contribution in [0.15, 0.2) is 16.7 Å². The molecule has 0 aliphatic heterocycles. The van der Waals surface area contributed by atoms with Gasteiger partial charge >= 0.3 is 0 Å². The van der Waals surface area contributed by atoms with Gasteiger partial charge in [0.05, 0.1) is 0 Å². The third-order valence-corrected chi connectivity index (χ3v) is 5.03. The summed E-state index contributed by atoms with van der Waals surface area (Å²) >= 11 is 3.46. The summed E-state index contributed by atoms with van der Waals surface area (Å²) in [7, 11) is 1.95. The molecular formula is C16H25BrN2O. The monoisotopic (exact) mass is 340 g/mol. The Kier molecular flexibility index (Phi) is 4.62. The molecule has 3 nitrogen and oxygen atoms in total. The lowest BCUT2D eigenvalue weighted by Crippen LogP contribution is -2.41. The summed E-state index contributed by atoms with van der Waals surface area (Å²) in [5.41, 5.74) is 1.22. The van der Waals surface area contributed by atoms with E-state index in [1.807, 2.05) is 28.8 Å². The number of halogens is 1. The molecule has 0 radical (unpaired) electrons. The highest BCUT2D eigenvalue weighted by atomic mass is 79.9. The van der Waals surface area contributed by atoms with Crippen molar-refractivity contribution in [2.24, 2.45) is 5.41 Å². The quantitative estimate of drug-likeness (QED) is 0.804. The van der Waals surface area contributed by atoms with Crippen molar-refractivity contribution in [1.29, 1.82) is 0 Å². The van der Waals surface area contributed by atoms with Crippen molar-refractivity contribution in [2.45, 2.75) is 59.0 Å². The number of nitrogens with zero attached hydrogens (tertiary/aromatic N) is 2. The summed E-state index contributed by atoms with van der Waals surface area (Å²) in [4.78, 5) is 14.6. The number of rotatable bonds is 3. The summed E-state index contributed by atoms with van der Waals surface area (Å²) < 4.78 is 2.98. The maximum Gasteiger partial charge on any atom is 0.270 e. The third kappa shape index (κ3) is 3.27. The summed E-state index contributed by atoms with van der Waals surface area (Å²) in [6.45, 7) is 7.53. The number of hydrogen-bond acceptors (Lipinski definition) is 1. The fourth-order valence-corrected chi connectivity index (χ4v) is 3.50. The van der Waals surface area contributed by atoms with Crippen LogP contribution in [0.4, 0.5) is 0 Å². The summed E-state index contributed by atoms with van der Waals surface area (Å²) in [5, 5.41) is 0. The second-order valence-electron chi connectivity index (χ2n) is 6.64. The molecule has 1 heterocycles. The van der Waals surface area contributed by atoms with Gasteiger partial charge in [-0.3, -0.25) is 4.79 Å². The zero-order valence-electron chi connectivity index (χ0n) is 12.9. The first-order valence-corrected chi connectivity index (χ1v) is 8.26. The first kappa shape index (κ1) is 15.6. The minimum atomic E-state index is 0.141. The van der Waals surface area contributed by atoms with Gasteiger partial charge in [0.1, 0.15) is 5.69 Å². The molecule has 0 spiro atoms. The van der Waals surface area contributed by atoms with Crippen LogP contribution in [-0.4, -0.2) is 28.5 Å². The fourth-order valence-electron chi connectivity index (χ4n) is 3.03. The van der Waals surface area contributed by atoms with E-state index in [1.54, 1.807) is 0 Å². The zero-order valence-corrected chi connectivity index (χ0v) is 14.5. The number of aromatic nitrogens is 1. The summed E-state index contributed by atoms with van der Waals surface area (Å²) in [6.07, 6.45) is 6.61. The van der Waals surface area contributed by atoms with Crippen molar-refractivity contribution < 1.29 is 4.79 Å². The molecule has 0 aromatic carbocycles.